The van der Waals surface area contributed by atoms with E-state index in [0.29, 0.717) is 19.8 Å². The van der Waals surface area contributed by atoms with Crippen LogP contribution in [0.4, 0.5) is 0 Å². The van der Waals surface area contributed by atoms with Gasteiger partial charge in [0.05, 0.1) is 19.8 Å². The fraction of sp³-hybridized carbons (Fsp3) is 1.00. The molecule has 6 heteroatoms. The number of hydrogen-bond acceptors (Lipinski definition) is 6. The first-order valence-electron chi connectivity index (χ1n) is 6.34. The van der Waals surface area contributed by atoms with Crippen LogP contribution in [-0.2, 0) is 18.9 Å². The van der Waals surface area contributed by atoms with E-state index in [9.17, 15) is 5.21 Å². The Bertz CT molecular complexity index is 346. The maximum absolute atomic E-state index is 10.2. The lowest BCUT2D eigenvalue weighted by atomic mass is 9.94. The Balaban J connectivity index is 1.83. The van der Waals surface area contributed by atoms with Crippen LogP contribution in [0.1, 0.15) is 27.7 Å². The molecule has 3 aliphatic rings. The van der Waals surface area contributed by atoms with Gasteiger partial charge >= 0.3 is 0 Å². The van der Waals surface area contributed by atoms with Crippen LogP contribution in [0.5, 0.6) is 0 Å². The highest BCUT2D eigenvalue weighted by Crippen LogP contribution is 2.44. The molecule has 0 radical (unpaired) electrons. The molecular weight excluding hydrogens is 238 g/mol. The van der Waals surface area contributed by atoms with Crippen molar-refractivity contribution in [3.05, 3.63) is 0 Å². The molecule has 0 aliphatic carbocycles. The molecule has 0 aromatic rings. The first kappa shape index (κ1) is 12.8. The molecule has 0 aromatic heterocycles. The van der Waals surface area contributed by atoms with Crippen LogP contribution in [0.25, 0.3) is 0 Å². The number of nitrogens with zero attached hydrogens (tertiary/aromatic N) is 1. The number of hydroxylamine groups is 2. The average Bonchev–Trinajstić information content (AvgIpc) is 2.65. The molecule has 104 valence electrons. The lowest BCUT2D eigenvalue weighted by Crippen LogP contribution is -2.63. The van der Waals surface area contributed by atoms with Crippen LogP contribution in [0.2, 0.25) is 0 Å². The van der Waals surface area contributed by atoms with Crippen molar-refractivity contribution in [2.24, 2.45) is 0 Å². The maximum Gasteiger partial charge on any atom is 0.163 e. The topological polar surface area (TPSA) is 60.4 Å². The molecule has 0 bridgehead atoms. The molecule has 3 heterocycles. The minimum Gasteiger partial charge on any atom is -0.348 e. The fourth-order valence-electron chi connectivity index (χ4n) is 2.92. The van der Waals surface area contributed by atoms with E-state index in [1.165, 1.54) is 5.06 Å². The Morgan fingerprint density at radius 1 is 1.00 bits per heavy atom. The fourth-order valence-corrected chi connectivity index (χ4v) is 2.92. The van der Waals surface area contributed by atoms with Gasteiger partial charge in [0.25, 0.3) is 0 Å². The molecule has 0 saturated carbocycles. The minimum atomic E-state index is -0.659. The molecule has 0 aromatic carbocycles. The molecule has 2 atom stereocenters. The standard InChI is InChI=1S/C12H21NO5/c1-10(2)15-6-12(7-16-10)9-8(5-13(12)14)17-11(3,4)18-9/h8-9,14H,5-7H2,1-4H3/t8-,9-/m1/s1. The summed E-state index contributed by atoms with van der Waals surface area (Å²) < 4.78 is 23.1. The van der Waals surface area contributed by atoms with Gasteiger partial charge in [0.15, 0.2) is 11.6 Å². The van der Waals surface area contributed by atoms with Gasteiger partial charge in [0, 0.05) is 0 Å². The van der Waals surface area contributed by atoms with E-state index in [1.807, 2.05) is 27.7 Å². The predicted molar refractivity (Wildman–Crippen MR) is 61.0 cm³/mol. The van der Waals surface area contributed by atoms with E-state index in [4.69, 9.17) is 18.9 Å². The first-order chi connectivity index (χ1) is 8.24. The van der Waals surface area contributed by atoms with Crippen LogP contribution in [-0.4, -0.2) is 59.4 Å². The van der Waals surface area contributed by atoms with Gasteiger partial charge in [-0.15, -0.1) is 0 Å². The molecule has 0 amide bonds. The van der Waals surface area contributed by atoms with Crippen molar-refractivity contribution in [1.29, 1.82) is 0 Å². The highest BCUT2D eigenvalue weighted by molar-refractivity contribution is 5.10. The van der Waals surface area contributed by atoms with Gasteiger partial charge in [-0.25, -0.2) is 0 Å². The third kappa shape index (κ3) is 1.79. The Morgan fingerprint density at radius 2 is 1.61 bits per heavy atom. The zero-order valence-electron chi connectivity index (χ0n) is 11.3. The highest BCUT2D eigenvalue weighted by Gasteiger charge is 2.63. The molecule has 18 heavy (non-hydrogen) atoms. The second-order valence-corrected chi connectivity index (χ2v) is 6.26. The third-order valence-electron chi connectivity index (χ3n) is 3.92. The van der Waals surface area contributed by atoms with Crippen molar-refractivity contribution in [3.8, 4) is 0 Å². The van der Waals surface area contributed by atoms with Crippen LogP contribution >= 0.6 is 0 Å². The normalized spacial score (nSPS) is 41.2. The highest BCUT2D eigenvalue weighted by atomic mass is 16.8. The van der Waals surface area contributed by atoms with Crippen LogP contribution in [0.3, 0.4) is 0 Å². The first-order valence-corrected chi connectivity index (χ1v) is 6.34. The van der Waals surface area contributed by atoms with Crippen LogP contribution < -0.4 is 0 Å². The van der Waals surface area contributed by atoms with E-state index in [-0.39, 0.29) is 12.2 Å². The van der Waals surface area contributed by atoms with E-state index >= 15 is 0 Å². The Kier molecular flexibility index (Phi) is 2.59. The third-order valence-corrected chi connectivity index (χ3v) is 3.92. The number of hydrogen-bond donors (Lipinski definition) is 1. The lowest BCUT2D eigenvalue weighted by Gasteiger charge is -2.45. The summed E-state index contributed by atoms with van der Waals surface area (Å²) >= 11 is 0. The average molecular weight is 259 g/mol. The molecule has 3 rings (SSSR count). The Morgan fingerprint density at radius 3 is 2.22 bits per heavy atom. The monoisotopic (exact) mass is 259 g/mol. The number of ether oxygens (including phenoxy) is 4. The molecule has 3 aliphatic heterocycles. The van der Waals surface area contributed by atoms with E-state index in [0.717, 1.165) is 0 Å². The van der Waals surface area contributed by atoms with Gasteiger partial charge in [-0.2, -0.15) is 5.06 Å². The molecule has 3 saturated heterocycles. The quantitative estimate of drug-likeness (QED) is 0.692. The summed E-state index contributed by atoms with van der Waals surface area (Å²) in [6, 6.07) is 0. The Labute approximate surface area is 107 Å². The van der Waals surface area contributed by atoms with Crippen LogP contribution in [0, 0.1) is 0 Å². The molecule has 1 N–H and O–H groups in total. The van der Waals surface area contributed by atoms with Crippen molar-refractivity contribution in [2.45, 2.75) is 57.0 Å². The summed E-state index contributed by atoms with van der Waals surface area (Å²) in [6.07, 6.45) is -0.369. The van der Waals surface area contributed by atoms with Gasteiger partial charge in [-0.1, -0.05) is 0 Å². The number of rotatable bonds is 0. The van der Waals surface area contributed by atoms with E-state index in [1.54, 1.807) is 0 Å². The van der Waals surface area contributed by atoms with Crippen LogP contribution in [0.15, 0.2) is 0 Å². The summed E-state index contributed by atoms with van der Waals surface area (Å²) in [7, 11) is 0. The summed E-state index contributed by atoms with van der Waals surface area (Å²) in [5.41, 5.74) is -0.659. The smallest absolute Gasteiger partial charge is 0.163 e. The summed E-state index contributed by atoms with van der Waals surface area (Å²) in [5.74, 6) is -1.23. The predicted octanol–water partition coefficient (Wildman–Crippen LogP) is 0.733. The maximum atomic E-state index is 10.2. The molecule has 0 unspecified atom stereocenters. The van der Waals surface area contributed by atoms with E-state index in [2.05, 4.69) is 0 Å². The second kappa shape index (κ2) is 3.65. The summed E-state index contributed by atoms with van der Waals surface area (Å²) in [4.78, 5) is 0. The van der Waals surface area contributed by atoms with Gasteiger partial charge in [0.1, 0.15) is 17.7 Å². The summed E-state index contributed by atoms with van der Waals surface area (Å²) in [5, 5.41) is 11.4. The van der Waals surface area contributed by atoms with Crippen molar-refractivity contribution in [2.75, 3.05) is 19.8 Å². The van der Waals surface area contributed by atoms with Gasteiger partial charge in [-0.05, 0) is 27.7 Å². The zero-order chi connectivity index (χ0) is 13.2. The van der Waals surface area contributed by atoms with E-state index < -0.39 is 17.1 Å². The Hall–Kier alpha value is -0.240. The van der Waals surface area contributed by atoms with Crippen molar-refractivity contribution in [3.63, 3.8) is 0 Å². The molecule has 6 nitrogen and oxygen atoms in total. The number of fused-ring (bicyclic) bond motifs is 2. The molecule has 1 spiro atoms. The van der Waals surface area contributed by atoms with Crippen molar-refractivity contribution >= 4 is 0 Å². The van der Waals surface area contributed by atoms with Crippen molar-refractivity contribution < 1.29 is 24.2 Å². The van der Waals surface area contributed by atoms with Gasteiger partial charge in [0.2, 0.25) is 0 Å². The van der Waals surface area contributed by atoms with Gasteiger partial charge < -0.3 is 24.2 Å². The second-order valence-electron chi connectivity index (χ2n) is 6.26. The summed E-state index contributed by atoms with van der Waals surface area (Å²) in [6.45, 7) is 8.66. The minimum absolute atomic E-state index is 0.140. The molecule has 3 fully saturated rings. The van der Waals surface area contributed by atoms with Crippen molar-refractivity contribution in [1.82, 2.24) is 5.06 Å². The lowest BCUT2D eigenvalue weighted by molar-refractivity contribution is -0.332. The zero-order valence-corrected chi connectivity index (χ0v) is 11.3. The SMILES string of the molecule is CC1(C)OCC2(CO1)[C@@H]1OC(C)(C)O[C@@H]1CN2O. The molecular formula is C12H21NO5. The van der Waals surface area contributed by atoms with Gasteiger partial charge in [-0.3, -0.25) is 0 Å². The largest absolute Gasteiger partial charge is 0.348 e.